The smallest absolute Gasteiger partial charge is 0.237 e. The van der Waals surface area contributed by atoms with Crippen LogP contribution >= 0.6 is 0 Å². The quantitative estimate of drug-likeness (QED) is 0.752. The van der Waals surface area contributed by atoms with Crippen LogP contribution in [0, 0.1) is 16.7 Å². The number of benzene rings is 1. The highest BCUT2D eigenvalue weighted by Crippen LogP contribution is 2.52. The van der Waals surface area contributed by atoms with Crippen molar-refractivity contribution in [3.63, 3.8) is 0 Å². The first-order valence-corrected chi connectivity index (χ1v) is 10.9. The van der Waals surface area contributed by atoms with E-state index in [4.69, 9.17) is 5.26 Å². The van der Waals surface area contributed by atoms with Crippen LogP contribution in [0.2, 0.25) is 0 Å². The summed E-state index contributed by atoms with van der Waals surface area (Å²) in [5.41, 5.74) is 0.662. The Bertz CT molecular complexity index is 813. The van der Waals surface area contributed by atoms with Crippen molar-refractivity contribution in [2.24, 2.45) is 5.41 Å². The summed E-state index contributed by atoms with van der Waals surface area (Å²) in [7, 11) is 0. The Morgan fingerprint density at radius 1 is 1.13 bits per heavy atom. The van der Waals surface area contributed by atoms with E-state index in [1.54, 1.807) is 0 Å². The Kier molecular flexibility index (Phi) is 5.79. The van der Waals surface area contributed by atoms with Crippen molar-refractivity contribution in [1.82, 2.24) is 15.5 Å². The maximum atomic E-state index is 13.6. The highest BCUT2D eigenvalue weighted by atomic mass is 19.1. The van der Waals surface area contributed by atoms with Crippen molar-refractivity contribution >= 4 is 11.8 Å². The molecule has 0 unspecified atom stereocenters. The lowest BCUT2D eigenvalue weighted by atomic mass is 9.57. The Labute approximate surface area is 176 Å². The number of nitrogens with one attached hydrogen (secondary N) is 2. The largest absolute Gasteiger partial charge is 0.352 e. The Hall–Kier alpha value is -2.46. The summed E-state index contributed by atoms with van der Waals surface area (Å²) in [6.07, 6.45) is 3.99. The van der Waals surface area contributed by atoms with Crippen LogP contribution in [-0.2, 0) is 16.1 Å². The van der Waals surface area contributed by atoms with Gasteiger partial charge < -0.3 is 15.5 Å². The number of hydrogen-bond donors (Lipinski definition) is 2. The second-order valence-electron chi connectivity index (χ2n) is 9.11. The number of alkyl halides is 1. The summed E-state index contributed by atoms with van der Waals surface area (Å²) >= 11 is 0. The molecule has 2 atom stereocenters. The topological polar surface area (TPSA) is 85.2 Å². The van der Waals surface area contributed by atoms with Crippen molar-refractivity contribution in [2.45, 2.75) is 69.2 Å². The number of fused-ring (bicyclic) bond motifs is 3. The monoisotopic (exact) mass is 412 g/mol. The zero-order valence-electron chi connectivity index (χ0n) is 17.2. The first kappa shape index (κ1) is 20.8. The maximum absolute atomic E-state index is 13.6. The zero-order chi connectivity index (χ0) is 21.2. The highest BCUT2D eigenvalue weighted by Gasteiger charge is 2.52. The van der Waals surface area contributed by atoms with Gasteiger partial charge in [0.25, 0.3) is 0 Å². The molecule has 1 aromatic carbocycles. The van der Waals surface area contributed by atoms with Crippen LogP contribution < -0.4 is 10.6 Å². The molecule has 160 valence electrons. The molecule has 6 nitrogen and oxygen atoms in total. The average molecular weight is 413 g/mol. The van der Waals surface area contributed by atoms with E-state index in [-0.39, 0.29) is 42.3 Å². The molecule has 0 spiro atoms. The van der Waals surface area contributed by atoms with Gasteiger partial charge in [0.2, 0.25) is 11.8 Å². The SMILES string of the molecule is N#C[C@@H]1C[C@H](F)CN1C(=O)CNC12CCC(C(=O)NCc3ccccc3)(CC1)CC2. The fourth-order valence-electron chi connectivity index (χ4n) is 5.30. The number of hydrogen-bond acceptors (Lipinski definition) is 4. The second kappa shape index (κ2) is 8.35. The van der Waals surface area contributed by atoms with Gasteiger partial charge in [-0.2, -0.15) is 5.26 Å². The van der Waals surface area contributed by atoms with E-state index < -0.39 is 12.2 Å². The third-order valence-corrected chi connectivity index (χ3v) is 7.36. The van der Waals surface area contributed by atoms with Gasteiger partial charge in [-0.1, -0.05) is 30.3 Å². The number of carbonyl (C=O) groups is 2. The van der Waals surface area contributed by atoms with Crippen molar-refractivity contribution < 1.29 is 14.0 Å². The minimum absolute atomic E-state index is 0.0104. The molecule has 1 aliphatic heterocycles. The molecule has 1 heterocycles. The lowest BCUT2D eigenvalue weighted by Gasteiger charge is -2.53. The van der Waals surface area contributed by atoms with Crippen LogP contribution in [0.1, 0.15) is 50.5 Å². The summed E-state index contributed by atoms with van der Waals surface area (Å²) in [5, 5.41) is 15.7. The standard InChI is InChI=1S/C23H29FN4O2/c24-18-12-19(13-25)28(16-18)20(29)15-27-23-9-6-22(7-10-23,8-11-23)21(30)26-14-17-4-2-1-3-5-17/h1-5,18-19,27H,6-12,14-16H2,(H,26,30)/t18-,19-,22?,23?/m0/s1. The van der Waals surface area contributed by atoms with Crippen LogP contribution in [-0.4, -0.2) is 47.6 Å². The molecule has 0 aromatic heterocycles. The van der Waals surface area contributed by atoms with Gasteiger partial charge in [-0.15, -0.1) is 0 Å². The fourth-order valence-corrected chi connectivity index (χ4v) is 5.30. The molecular formula is C23H29FN4O2. The lowest BCUT2D eigenvalue weighted by molar-refractivity contribution is -0.139. The second-order valence-corrected chi connectivity index (χ2v) is 9.11. The minimum Gasteiger partial charge on any atom is -0.352 e. The normalized spacial score (nSPS) is 32.6. The number of rotatable bonds is 6. The van der Waals surface area contributed by atoms with E-state index in [1.807, 2.05) is 36.4 Å². The summed E-state index contributed by atoms with van der Waals surface area (Å²) in [5.74, 6) is -0.0715. The van der Waals surface area contributed by atoms with Gasteiger partial charge >= 0.3 is 0 Å². The first-order valence-electron chi connectivity index (χ1n) is 10.9. The lowest BCUT2D eigenvalue weighted by Crippen LogP contribution is -2.60. The molecule has 1 aromatic rings. The van der Waals surface area contributed by atoms with Crippen molar-refractivity contribution in [3.05, 3.63) is 35.9 Å². The first-order chi connectivity index (χ1) is 14.5. The third-order valence-electron chi connectivity index (χ3n) is 7.36. The van der Waals surface area contributed by atoms with Crippen molar-refractivity contribution in [1.29, 1.82) is 5.26 Å². The Balaban J connectivity index is 1.28. The van der Waals surface area contributed by atoms with Gasteiger partial charge in [-0.3, -0.25) is 9.59 Å². The molecule has 30 heavy (non-hydrogen) atoms. The summed E-state index contributed by atoms with van der Waals surface area (Å²) in [4.78, 5) is 26.8. The van der Waals surface area contributed by atoms with E-state index >= 15 is 0 Å². The predicted octanol–water partition coefficient (Wildman–Crippen LogP) is 2.45. The van der Waals surface area contributed by atoms with Crippen LogP contribution in [0.3, 0.4) is 0 Å². The molecule has 0 radical (unpaired) electrons. The number of halogens is 1. The molecule has 1 saturated heterocycles. The molecule has 7 heteroatoms. The Morgan fingerprint density at radius 3 is 2.43 bits per heavy atom. The van der Waals surface area contributed by atoms with Crippen LogP contribution in [0.4, 0.5) is 4.39 Å². The van der Waals surface area contributed by atoms with Gasteiger partial charge in [0.05, 0.1) is 19.2 Å². The number of nitrogens with zero attached hydrogens (tertiary/aromatic N) is 2. The van der Waals surface area contributed by atoms with Crippen LogP contribution in [0.25, 0.3) is 0 Å². The van der Waals surface area contributed by atoms with Crippen molar-refractivity contribution in [2.75, 3.05) is 13.1 Å². The van der Waals surface area contributed by atoms with E-state index in [2.05, 4.69) is 10.6 Å². The predicted molar refractivity (Wildman–Crippen MR) is 110 cm³/mol. The molecular weight excluding hydrogens is 383 g/mol. The van der Waals surface area contributed by atoms with E-state index in [0.29, 0.717) is 6.54 Å². The van der Waals surface area contributed by atoms with Gasteiger partial charge in [-0.25, -0.2) is 4.39 Å². The van der Waals surface area contributed by atoms with Gasteiger partial charge in [0.15, 0.2) is 0 Å². The molecule has 2 amide bonds. The average Bonchev–Trinajstić information content (AvgIpc) is 3.18. The molecule has 4 aliphatic rings. The zero-order valence-corrected chi connectivity index (χ0v) is 17.2. The molecule has 3 saturated carbocycles. The molecule has 3 aliphatic carbocycles. The van der Waals surface area contributed by atoms with Gasteiger partial charge in [0, 0.05) is 23.9 Å². The van der Waals surface area contributed by atoms with E-state index in [0.717, 1.165) is 44.1 Å². The van der Waals surface area contributed by atoms with E-state index in [9.17, 15) is 14.0 Å². The summed E-state index contributed by atoms with van der Waals surface area (Å²) in [6.45, 7) is 0.680. The Morgan fingerprint density at radius 2 is 1.80 bits per heavy atom. The molecule has 4 fully saturated rings. The minimum atomic E-state index is -1.11. The third kappa shape index (κ3) is 4.06. The maximum Gasteiger partial charge on any atom is 0.237 e. The highest BCUT2D eigenvalue weighted by molar-refractivity contribution is 5.83. The van der Waals surface area contributed by atoms with Crippen molar-refractivity contribution in [3.8, 4) is 6.07 Å². The summed E-state index contributed by atoms with van der Waals surface area (Å²) in [6, 6.07) is 11.3. The number of likely N-dealkylation sites (tertiary alicyclic amines) is 1. The summed E-state index contributed by atoms with van der Waals surface area (Å²) < 4.78 is 13.6. The van der Waals surface area contributed by atoms with Crippen LogP contribution in [0.5, 0.6) is 0 Å². The van der Waals surface area contributed by atoms with Crippen LogP contribution in [0.15, 0.2) is 30.3 Å². The molecule has 2 N–H and O–H groups in total. The molecule has 5 rings (SSSR count). The fraction of sp³-hybridized carbons (Fsp3) is 0.609. The van der Waals surface area contributed by atoms with E-state index in [1.165, 1.54) is 4.90 Å². The number of amides is 2. The van der Waals surface area contributed by atoms with Gasteiger partial charge in [0.1, 0.15) is 12.2 Å². The number of nitriles is 1. The van der Waals surface area contributed by atoms with Gasteiger partial charge in [-0.05, 0) is 44.1 Å². The molecule has 2 bridgehead atoms. The number of carbonyl (C=O) groups excluding carboxylic acids is 2.